The topological polar surface area (TPSA) is 50.4 Å². The maximum Gasteiger partial charge on any atom is 0.234 e. The van der Waals surface area contributed by atoms with Gasteiger partial charge in [-0.1, -0.05) is 12.2 Å². The van der Waals surface area contributed by atoms with Crippen LogP contribution in [-0.4, -0.2) is 39.3 Å². The fraction of sp³-hybridized carbons (Fsp3) is 0.667. The second-order valence-electron chi connectivity index (χ2n) is 2.89. The molecule has 76 valence electrons. The minimum Gasteiger partial charge on any atom is -0.375 e. The van der Waals surface area contributed by atoms with E-state index in [9.17, 15) is 4.79 Å². The lowest BCUT2D eigenvalue weighted by Crippen LogP contribution is -2.34. The van der Waals surface area contributed by atoms with Gasteiger partial charge in [0.05, 0.1) is 19.8 Å². The Morgan fingerprint density at radius 2 is 2.23 bits per heavy atom. The van der Waals surface area contributed by atoms with Gasteiger partial charge in [0.25, 0.3) is 0 Å². The van der Waals surface area contributed by atoms with E-state index < -0.39 is 0 Å². The van der Waals surface area contributed by atoms with Gasteiger partial charge < -0.3 is 15.4 Å². The lowest BCUT2D eigenvalue weighted by Gasteiger charge is -2.05. The third-order valence-electron chi connectivity index (χ3n) is 1.25. The van der Waals surface area contributed by atoms with Gasteiger partial charge in [0, 0.05) is 6.54 Å². The number of hydrogen-bond acceptors (Lipinski definition) is 3. The van der Waals surface area contributed by atoms with Gasteiger partial charge in [-0.2, -0.15) is 0 Å². The quantitative estimate of drug-likeness (QED) is 0.432. The molecule has 1 amide bonds. The van der Waals surface area contributed by atoms with E-state index in [4.69, 9.17) is 4.74 Å². The Balaban J connectivity index is 3.16. The number of hydrogen-bond donors (Lipinski definition) is 2. The molecule has 0 aromatic heterocycles. The van der Waals surface area contributed by atoms with Crippen LogP contribution >= 0.6 is 0 Å². The average Bonchev–Trinajstić information content (AvgIpc) is 2.03. The van der Waals surface area contributed by atoms with Crippen molar-refractivity contribution in [2.75, 3.05) is 33.4 Å². The molecule has 4 heteroatoms. The van der Waals surface area contributed by atoms with Crippen molar-refractivity contribution in [3.63, 3.8) is 0 Å². The van der Waals surface area contributed by atoms with Crippen LogP contribution < -0.4 is 10.6 Å². The summed E-state index contributed by atoms with van der Waals surface area (Å²) in [5, 5.41) is 5.46. The highest BCUT2D eigenvalue weighted by molar-refractivity contribution is 5.77. The summed E-state index contributed by atoms with van der Waals surface area (Å²) < 4.78 is 5.19. The summed E-state index contributed by atoms with van der Waals surface area (Å²) >= 11 is 0. The van der Waals surface area contributed by atoms with Crippen LogP contribution in [0.15, 0.2) is 12.2 Å². The lowest BCUT2D eigenvalue weighted by atomic mass is 10.4. The normalized spacial score (nSPS) is 9.69. The van der Waals surface area contributed by atoms with Gasteiger partial charge in [0.15, 0.2) is 0 Å². The molecule has 2 N–H and O–H groups in total. The van der Waals surface area contributed by atoms with E-state index in [0.717, 1.165) is 5.57 Å². The summed E-state index contributed by atoms with van der Waals surface area (Å²) in [6.45, 7) is 7.58. The number of ether oxygens (including phenoxy) is 1. The highest BCUT2D eigenvalue weighted by Gasteiger charge is 1.96. The molecule has 0 rings (SSSR count). The molecule has 0 aromatic carbocycles. The molecular formula is C9H18N2O2. The number of nitrogens with one attached hydrogen (secondary N) is 2. The molecule has 0 spiro atoms. The van der Waals surface area contributed by atoms with Crippen LogP contribution in [0.3, 0.4) is 0 Å². The Bertz CT molecular complexity index is 169. The molecule has 0 unspecified atom stereocenters. The zero-order chi connectivity index (χ0) is 10.1. The van der Waals surface area contributed by atoms with E-state index >= 15 is 0 Å². The summed E-state index contributed by atoms with van der Waals surface area (Å²) in [6, 6.07) is 0. The van der Waals surface area contributed by atoms with Gasteiger partial charge >= 0.3 is 0 Å². The van der Waals surface area contributed by atoms with Crippen molar-refractivity contribution in [3.8, 4) is 0 Å². The first-order valence-corrected chi connectivity index (χ1v) is 4.30. The molecule has 0 bridgehead atoms. The van der Waals surface area contributed by atoms with Crippen LogP contribution in [-0.2, 0) is 9.53 Å². The molecular weight excluding hydrogens is 168 g/mol. The lowest BCUT2D eigenvalue weighted by molar-refractivity contribution is -0.120. The van der Waals surface area contributed by atoms with E-state index in [0.29, 0.717) is 26.3 Å². The SMILES string of the molecule is C=C(C)COCCNC(=O)CNC. The van der Waals surface area contributed by atoms with Crippen molar-refractivity contribution in [1.29, 1.82) is 0 Å². The first-order chi connectivity index (χ1) is 6.16. The van der Waals surface area contributed by atoms with Gasteiger partial charge in [-0.15, -0.1) is 0 Å². The molecule has 0 aliphatic heterocycles. The number of carbonyl (C=O) groups is 1. The molecule has 0 atom stereocenters. The Labute approximate surface area is 79.3 Å². The van der Waals surface area contributed by atoms with Crippen LogP contribution in [0.1, 0.15) is 6.92 Å². The van der Waals surface area contributed by atoms with Crippen molar-refractivity contribution >= 4 is 5.91 Å². The van der Waals surface area contributed by atoms with Crippen molar-refractivity contribution < 1.29 is 9.53 Å². The molecule has 0 radical (unpaired) electrons. The van der Waals surface area contributed by atoms with E-state index in [-0.39, 0.29) is 5.91 Å². The molecule has 0 fully saturated rings. The predicted octanol–water partition coefficient (Wildman–Crippen LogP) is -0.0853. The third kappa shape index (κ3) is 9.04. The Morgan fingerprint density at radius 1 is 1.54 bits per heavy atom. The molecule has 4 nitrogen and oxygen atoms in total. The van der Waals surface area contributed by atoms with Crippen molar-refractivity contribution in [2.24, 2.45) is 0 Å². The van der Waals surface area contributed by atoms with Crippen LogP contribution in [0.2, 0.25) is 0 Å². The van der Waals surface area contributed by atoms with E-state index in [1.807, 2.05) is 6.92 Å². The maximum absolute atomic E-state index is 10.9. The summed E-state index contributed by atoms with van der Waals surface area (Å²) in [5.41, 5.74) is 0.988. The Hall–Kier alpha value is -0.870. The van der Waals surface area contributed by atoms with Crippen LogP contribution in [0.5, 0.6) is 0 Å². The zero-order valence-corrected chi connectivity index (χ0v) is 8.35. The molecule has 0 heterocycles. The highest BCUT2D eigenvalue weighted by atomic mass is 16.5. The van der Waals surface area contributed by atoms with Gasteiger partial charge in [-0.05, 0) is 14.0 Å². The Morgan fingerprint density at radius 3 is 2.77 bits per heavy atom. The van der Waals surface area contributed by atoms with Gasteiger partial charge in [0.1, 0.15) is 0 Å². The van der Waals surface area contributed by atoms with E-state index in [1.54, 1.807) is 7.05 Å². The summed E-state index contributed by atoms with van der Waals surface area (Å²) in [7, 11) is 1.73. The fourth-order valence-electron chi connectivity index (χ4n) is 0.732. The van der Waals surface area contributed by atoms with Crippen molar-refractivity contribution in [1.82, 2.24) is 10.6 Å². The van der Waals surface area contributed by atoms with Gasteiger partial charge in [-0.3, -0.25) is 4.79 Å². The largest absolute Gasteiger partial charge is 0.375 e. The van der Waals surface area contributed by atoms with Crippen LogP contribution in [0.4, 0.5) is 0 Å². The Kier molecular flexibility index (Phi) is 7.24. The first kappa shape index (κ1) is 12.1. The molecule has 0 aromatic rings. The van der Waals surface area contributed by atoms with E-state index in [1.165, 1.54) is 0 Å². The molecule has 0 aliphatic carbocycles. The van der Waals surface area contributed by atoms with Crippen LogP contribution in [0.25, 0.3) is 0 Å². The molecule has 0 saturated heterocycles. The van der Waals surface area contributed by atoms with Crippen LogP contribution in [0, 0.1) is 0 Å². The standard InChI is InChI=1S/C9H18N2O2/c1-8(2)7-13-5-4-11-9(12)6-10-3/h10H,1,4-7H2,2-3H3,(H,11,12). The minimum absolute atomic E-state index is 0.0126. The smallest absolute Gasteiger partial charge is 0.234 e. The number of likely N-dealkylation sites (N-methyl/N-ethyl adjacent to an activating group) is 1. The zero-order valence-electron chi connectivity index (χ0n) is 8.35. The number of carbonyl (C=O) groups excluding carboxylic acids is 1. The first-order valence-electron chi connectivity index (χ1n) is 4.30. The second kappa shape index (κ2) is 7.76. The average molecular weight is 186 g/mol. The molecule has 0 aliphatic rings. The predicted molar refractivity (Wildman–Crippen MR) is 52.6 cm³/mol. The summed E-state index contributed by atoms with van der Waals surface area (Å²) in [4.78, 5) is 10.9. The van der Waals surface area contributed by atoms with Gasteiger partial charge in [-0.25, -0.2) is 0 Å². The molecule has 0 saturated carbocycles. The second-order valence-corrected chi connectivity index (χ2v) is 2.89. The third-order valence-corrected chi connectivity index (χ3v) is 1.25. The summed E-state index contributed by atoms with van der Waals surface area (Å²) in [5.74, 6) is -0.0126. The van der Waals surface area contributed by atoms with Gasteiger partial charge in [0.2, 0.25) is 5.91 Å². The van der Waals surface area contributed by atoms with Crippen molar-refractivity contribution in [2.45, 2.75) is 6.92 Å². The number of amides is 1. The van der Waals surface area contributed by atoms with Crippen molar-refractivity contribution in [3.05, 3.63) is 12.2 Å². The minimum atomic E-state index is -0.0126. The summed E-state index contributed by atoms with van der Waals surface area (Å²) in [6.07, 6.45) is 0. The molecule has 13 heavy (non-hydrogen) atoms. The maximum atomic E-state index is 10.9. The fourth-order valence-corrected chi connectivity index (χ4v) is 0.732. The number of rotatable bonds is 7. The van der Waals surface area contributed by atoms with E-state index in [2.05, 4.69) is 17.2 Å². The highest BCUT2D eigenvalue weighted by Crippen LogP contribution is 1.86. The monoisotopic (exact) mass is 186 g/mol.